The fourth-order valence-electron chi connectivity index (χ4n) is 2.68. The first kappa shape index (κ1) is 22.0. The molecule has 2 N–H and O–H groups in total. The zero-order chi connectivity index (χ0) is 22.0. The zero-order valence-electron chi connectivity index (χ0n) is 15.9. The van der Waals surface area contributed by atoms with Crippen molar-refractivity contribution < 1.29 is 24.2 Å². The third-order valence-corrected chi connectivity index (χ3v) is 5.65. The van der Waals surface area contributed by atoms with E-state index in [9.17, 15) is 19.5 Å². The number of nitrogens with zero attached hydrogens (tertiary/aromatic N) is 1. The lowest BCUT2D eigenvalue weighted by Gasteiger charge is -2.13. The Labute approximate surface area is 186 Å². The number of nitrogens with one attached hydrogen (secondary N) is 1. The van der Waals surface area contributed by atoms with Crippen LogP contribution in [0.5, 0.6) is 11.5 Å². The van der Waals surface area contributed by atoms with Crippen LogP contribution in [0.15, 0.2) is 35.2 Å². The summed E-state index contributed by atoms with van der Waals surface area (Å²) < 4.78 is 5.03. The maximum absolute atomic E-state index is 12.6. The summed E-state index contributed by atoms with van der Waals surface area (Å²) in [5.74, 6) is -1.23. The number of phenolic OH excluding ortho intramolecular Hbond substituents is 1. The summed E-state index contributed by atoms with van der Waals surface area (Å²) in [6.07, 6.45) is 1.44. The van der Waals surface area contributed by atoms with Gasteiger partial charge in [0.05, 0.1) is 17.0 Å². The molecule has 2 aromatic rings. The lowest BCUT2D eigenvalue weighted by atomic mass is 10.2. The molecule has 10 heteroatoms. The van der Waals surface area contributed by atoms with E-state index in [2.05, 4.69) is 5.32 Å². The minimum absolute atomic E-state index is 0.0381. The van der Waals surface area contributed by atoms with Gasteiger partial charge in [-0.1, -0.05) is 29.3 Å². The summed E-state index contributed by atoms with van der Waals surface area (Å²) in [4.78, 5) is 38.2. The van der Waals surface area contributed by atoms with Crippen molar-refractivity contribution in [1.29, 1.82) is 0 Å². The average Bonchev–Trinajstić information content (AvgIpc) is 2.94. The van der Waals surface area contributed by atoms with Gasteiger partial charge in [-0.3, -0.25) is 19.3 Å². The number of aryl methyl sites for hydroxylation is 1. The number of halogens is 2. The highest BCUT2D eigenvalue weighted by molar-refractivity contribution is 8.18. The first-order valence-corrected chi connectivity index (χ1v) is 10.1. The van der Waals surface area contributed by atoms with Gasteiger partial charge in [0.15, 0.2) is 11.5 Å². The van der Waals surface area contributed by atoms with Gasteiger partial charge in [-0.2, -0.15) is 0 Å². The second-order valence-corrected chi connectivity index (χ2v) is 8.17. The number of carbonyl (C=O) groups is 3. The molecule has 1 aliphatic rings. The number of benzene rings is 2. The topological polar surface area (TPSA) is 95.9 Å². The Morgan fingerprint density at radius 1 is 1.27 bits per heavy atom. The van der Waals surface area contributed by atoms with Crippen LogP contribution in [0.25, 0.3) is 6.08 Å². The van der Waals surface area contributed by atoms with E-state index in [1.165, 1.54) is 25.3 Å². The fourth-order valence-corrected chi connectivity index (χ4v) is 3.91. The SMILES string of the molecule is COc1cc(/C=C2\SC(=O)N(CC(=O)Nc3cc(Cl)ccc3C)C2=O)cc(Cl)c1O. The Kier molecular flexibility index (Phi) is 6.60. The van der Waals surface area contributed by atoms with Crippen molar-refractivity contribution in [3.63, 3.8) is 0 Å². The Morgan fingerprint density at radius 3 is 2.70 bits per heavy atom. The number of hydrogen-bond donors (Lipinski definition) is 2. The van der Waals surface area contributed by atoms with Gasteiger partial charge in [-0.15, -0.1) is 0 Å². The number of rotatable bonds is 5. The van der Waals surface area contributed by atoms with E-state index in [0.29, 0.717) is 28.0 Å². The maximum atomic E-state index is 12.6. The van der Waals surface area contributed by atoms with Gasteiger partial charge in [0, 0.05) is 10.7 Å². The highest BCUT2D eigenvalue weighted by Crippen LogP contribution is 2.38. The molecule has 3 amide bonds. The van der Waals surface area contributed by atoms with Crippen LogP contribution < -0.4 is 10.1 Å². The second-order valence-electron chi connectivity index (χ2n) is 6.33. The van der Waals surface area contributed by atoms with Crippen molar-refractivity contribution in [2.75, 3.05) is 19.0 Å². The van der Waals surface area contributed by atoms with Crippen LogP contribution >= 0.6 is 35.0 Å². The van der Waals surface area contributed by atoms with E-state index in [4.69, 9.17) is 27.9 Å². The van der Waals surface area contributed by atoms with Crippen LogP contribution in [0.3, 0.4) is 0 Å². The molecule has 1 heterocycles. The van der Waals surface area contributed by atoms with Crippen molar-refractivity contribution >= 4 is 63.8 Å². The molecule has 1 aliphatic heterocycles. The van der Waals surface area contributed by atoms with Crippen LogP contribution in [0.4, 0.5) is 10.5 Å². The van der Waals surface area contributed by atoms with Crippen molar-refractivity contribution in [3.05, 3.63) is 56.4 Å². The fraction of sp³-hybridized carbons (Fsp3) is 0.150. The summed E-state index contributed by atoms with van der Waals surface area (Å²) in [6, 6.07) is 7.94. The van der Waals surface area contributed by atoms with E-state index in [-0.39, 0.29) is 21.4 Å². The van der Waals surface area contributed by atoms with Gasteiger partial charge in [-0.05, 0) is 60.2 Å². The highest BCUT2D eigenvalue weighted by atomic mass is 35.5. The summed E-state index contributed by atoms with van der Waals surface area (Å²) in [6.45, 7) is 1.36. The van der Waals surface area contributed by atoms with Gasteiger partial charge in [-0.25, -0.2) is 0 Å². The number of methoxy groups -OCH3 is 1. The molecule has 0 spiro atoms. The van der Waals surface area contributed by atoms with E-state index < -0.39 is 23.6 Å². The molecule has 0 unspecified atom stereocenters. The number of phenols is 1. The van der Waals surface area contributed by atoms with E-state index in [1.54, 1.807) is 25.1 Å². The minimum atomic E-state index is -0.605. The van der Waals surface area contributed by atoms with Gasteiger partial charge < -0.3 is 15.2 Å². The first-order chi connectivity index (χ1) is 14.2. The van der Waals surface area contributed by atoms with Crippen molar-refractivity contribution in [1.82, 2.24) is 4.90 Å². The number of hydrogen-bond acceptors (Lipinski definition) is 6. The van der Waals surface area contributed by atoms with E-state index in [1.807, 2.05) is 0 Å². The Bertz CT molecular complexity index is 1090. The van der Waals surface area contributed by atoms with Crippen LogP contribution in [0.2, 0.25) is 10.0 Å². The third kappa shape index (κ3) is 4.72. The monoisotopic (exact) mass is 466 g/mol. The molecule has 0 aromatic heterocycles. The molecular weight excluding hydrogens is 451 g/mol. The molecule has 7 nitrogen and oxygen atoms in total. The molecule has 3 rings (SSSR count). The number of carbonyl (C=O) groups excluding carboxylic acids is 3. The summed E-state index contributed by atoms with van der Waals surface area (Å²) in [7, 11) is 1.36. The van der Waals surface area contributed by atoms with Crippen LogP contribution in [-0.2, 0) is 9.59 Å². The first-order valence-electron chi connectivity index (χ1n) is 8.57. The predicted octanol–water partition coefficient (Wildman–Crippen LogP) is 4.69. The van der Waals surface area contributed by atoms with Gasteiger partial charge in [0.1, 0.15) is 6.54 Å². The smallest absolute Gasteiger partial charge is 0.294 e. The average molecular weight is 467 g/mol. The molecule has 0 radical (unpaired) electrons. The molecule has 2 aromatic carbocycles. The Hall–Kier alpha value is -2.68. The molecule has 1 saturated heterocycles. The maximum Gasteiger partial charge on any atom is 0.294 e. The van der Waals surface area contributed by atoms with Gasteiger partial charge in [0.25, 0.3) is 11.1 Å². The number of imide groups is 1. The van der Waals surface area contributed by atoms with Crippen LogP contribution in [0, 0.1) is 6.92 Å². The van der Waals surface area contributed by atoms with Crippen molar-refractivity contribution in [2.45, 2.75) is 6.92 Å². The molecule has 0 aliphatic carbocycles. The molecular formula is C20H16Cl2N2O5S. The number of ether oxygens (including phenoxy) is 1. The highest BCUT2D eigenvalue weighted by Gasteiger charge is 2.36. The number of anilines is 1. The zero-order valence-corrected chi connectivity index (χ0v) is 18.2. The quantitative estimate of drug-likeness (QED) is 0.620. The largest absolute Gasteiger partial charge is 0.503 e. The number of amides is 3. The third-order valence-electron chi connectivity index (χ3n) is 4.22. The Balaban J connectivity index is 1.76. The molecule has 30 heavy (non-hydrogen) atoms. The standard InChI is InChI=1S/C20H16Cl2N2O5S/c1-10-3-4-12(21)8-14(10)23-17(25)9-24-19(27)16(30-20(24)28)7-11-5-13(22)18(26)15(6-11)29-2/h3-8,26H,9H2,1-2H3,(H,23,25)/b16-7-. The number of thioether (sulfide) groups is 1. The summed E-state index contributed by atoms with van der Waals surface area (Å²) in [5.41, 5.74) is 1.75. The summed E-state index contributed by atoms with van der Waals surface area (Å²) in [5, 5.41) is 12.4. The van der Waals surface area contributed by atoms with Crippen molar-refractivity contribution in [3.8, 4) is 11.5 Å². The minimum Gasteiger partial charge on any atom is -0.503 e. The molecule has 0 atom stereocenters. The van der Waals surface area contributed by atoms with Crippen molar-refractivity contribution in [2.24, 2.45) is 0 Å². The number of aromatic hydroxyl groups is 1. The lowest BCUT2D eigenvalue weighted by molar-refractivity contribution is -0.127. The Morgan fingerprint density at radius 2 is 2.00 bits per heavy atom. The normalized spacial score (nSPS) is 15.1. The van der Waals surface area contributed by atoms with E-state index >= 15 is 0 Å². The predicted molar refractivity (Wildman–Crippen MR) is 117 cm³/mol. The molecule has 0 bridgehead atoms. The molecule has 156 valence electrons. The summed E-state index contributed by atoms with van der Waals surface area (Å²) >= 11 is 12.6. The van der Waals surface area contributed by atoms with Crippen LogP contribution in [0.1, 0.15) is 11.1 Å². The van der Waals surface area contributed by atoms with E-state index in [0.717, 1.165) is 10.5 Å². The molecule has 0 saturated carbocycles. The van der Waals surface area contributed by atoms with Crippen LogP contribution in [-0.4, -0.2) is 40.7 Å². The second kappa shape index (κ2) is 8.99. The molecule has 1 fully saturated rings. The van der Waals surface area contributed by atoms with Gasteiger partial charge >= 0.3 is 0 Å². The van der Waals surface area contributed by atoms with Gasteiger partial charge in [0.2, 0.25) is 5.91 Å². The lowest BCUT2D eigenvalue weighted by Crippen LogP contribution is -2.36.